The van der Waals surface area contributed by atoms with E-state index < -0.39 is 4.92 Å². The lowest BCUT2D eigenvalue weighted by molar-refractivity contribution is -0.392. The van der Waals surface area contributed by atoms with Gasteiger partial charge in [-0.3, -0.25) is 0 Å². The van der Waals surface area contributed by atoms with Crippen molar-refractivity contribution in [3.05, 3.63) is 32.2 Å². The van der Waals surface area contributed by atoms with E-state index in [-0.39, 0.29) is 19.0 Å². The standard InChI is InChI=1S/C12H15N5O3S/c1-3-10-14-15-12(21-10)8(2)6-9-13-7-11(17(19)20)16(9)4-5-18/h6-7,18H,3-5H2,1-2H3. The van der Waals surface area contributed by atoms with E-state index in [0.29, 0.717) is 5.82 Å². The molecule has 0 aliphatic carbocycles. The predicted octanol–water partition coefficient (Wildman–Crippen LogP) is 1.76. The van der Waals surface area contributed by atoms with Crippen molar-refractivity contribution in [2.75, 3.05) is 6.61 Å². The van der Waals surface area contributed by atoms with Crippen molar-refractivity contribution in [2.24, 2.45) is 0 Å². The van der Waals surface area contributed by atoms with Crippen molar-refractivity contribution >= 4 is 28.8 Å². The quantitative estimate of drug-likeness (QED) is 0.643. The van der Waals surface area contributed by atoms with E-state index >= 15 is 0 Å². The summed E-state index contributed by atoms with van der Waals surface area (Å²) in [4.78, 5) is 14.5. The SMILES string of the molecule is CCc1nnc(C(C)=Cc2ncc([N+](=O)[O-])n2CCO)s1. The number of imidazole rings is 1. The lowest BCUT2D eigenvalue weighted by Crippen LogP contribution is -2.08. The first-order chi connectivity index (χ1) is 10.1. The zero-order chi connectivity index (χ0) is 15.4. The van der Waals surface area contributed by atoms with Gasteiger partial charge in [0.25, 0.3) is 0 Å². The molecule has 2 aromatic rings. The first kappa shape index (κ1) is 15.3. The van der Waals surface area contributed by atoms with Gasteiger partial charge in [0.05, 0.1) is 6.61 Å². The first-order valence-electron chi connectivity index (χ1n) is 6.38. The van der Waals surface area contributed by atoms with Gasteiger partial charge in [-0.2, -0.15) is 0 Å². The molecular weight excluding hydrogens is 294 g/mol. The van der Waals surface area contributed by atoms with Gasteiger partial charge in [0.1, 0.15) is 22.8 Å². The second-order valence-corrected chi connectivity index (χ2v) is 5.35. The Kier molecular flexibility index (Phi) is 4.76. The van der Waals surface area contributed by atoms with Gasteiger partial charge in [0.2, 0.25) is 5.82 Å². The molecule has 8 nitrogen and oxygen atoms in total. The van der Waals surface area contributed by atoms with Gasteiger partial charge < -0.3 is 15.2 Å². The second kappa shape index (κ2) is 6.55. The van der Waals surface area contributed by atoms with E-state index in [2.05, 4.69) is 15.2 Å². The summed E-state index contributed by atoms with van der Waals surface area (Å²) in [6, 6.07) is 0. The molecule has 0 spiro atoms. The molecule has 0 fully saturated rings. The molecule has 0 amide bonds. The van der Waals surface area contributed by atoms with Gasteiger partial charge in [0.15, 0.2) is 0 Å². The van der Waals surface area contributed by atoms with Crippen LogP contribution in [0.25, 0.3) is 11.6 Å². The number of aryl methyl sites for hydroxylation is 1. The number of aliphatic hydroxyl groups excluding tert-OH is 1. The van der Waals surface area contributed by atoms with Gasteiger partial charge >= 0.3 is 5.82 Å². The summed E-state index contributed by atoms with van der Waals surface area (Å²) in [6.07, 6.45) is 3.71. The average Bonchev–Trinajstić information content (AvgIpc) is 3.06. The van der Waals surface area contributed by atoms with Crippen LogP contribution in [0.1, 0.15) is 29.7 Å². The molecule has 0 aliphatic heterocycles. The summed E-state index contributed by atoms with van der Waals surface area (Å²) in [7, 11) is 0. The number of nitrogens with zero attached hydrogens (tertiary/aromatic N) is 5. The molecule has 0 aliphatic rings. The topological polar surface area (TPSA) is 107 Å². The molecule has 2 heterocycles. The lowest BCUT2D eigenvalue weighted by Gasteiger charge is -2.00. The van der Waals surface area contributed by atoms with Crippen molar-refractivity contribution in [3.8, 4) is 0 Å². The highest BCUT2D eigenvalue weighted by atomic mass is 32.1. The Morgan fingerprint density at radius 3 is 2.90 bits per heavy atom. The lowest BCUT2D eigenvalue weighted by atomic mass is 10.3. The van der Waals surface area contributed by atoms with Gasteiger partial charge in [-0.05, 0) is 23.8 Å². The number of aromatic nitrogens is 4. The minimum absolute atomic E-state index is 0.117. The highest BCUT2D eigenvalue weighted by Gasteiger charge is 2.19. The normalized spacial score (nSPS) is 11.9. The van der Waals surface area contributed by atoms with E-state index in [4.69, 9.17) is 5.11 Å². The van der Waals surface area contributed by atoms with Crippen molar-refractivity contribution in [1.29, 1.82) is 0 Å². The Hall–Kier alpha value is -2.13. The summed E-state index contributed by atoms with van der Waals surface area (Å²) in [5, 5.41) is 29.8. The predicted molar refractivity (Wildman–Crippen MR) is 78.8 cm³/mol. The molecule has 112 valence electrons. The van der Waals surface area contributed by atoms with Crippen LogP contribution in [-0.4, -0.2) is 36.4 Å². The highest BCUT2D eigenvalue weighted by Crippen LogP contribution is 2.23. The maximum atomic E-state index is 10.9. The van der Waals surface area contributed by atoms with Gasteiger partial charge in [0, 0.05) is 6.08 Å². The Bertz CT molecular complexity index is 676. The van der Waals surface area contributed by atoms with Crippen LogP contribution in [0, 0.1) is 10.1 Å². The van der Waals surface area contributed by atoms with Gasteiger partial charge in [-0.15, -0.1) is 10.2 Å². The summed E-state index contributed by atoms with van der Waals surface area (Å²) in [5.74, 6) is 0.274. The molecule has 0 saturated carbocycles. The fraction of sp³-hybridized carbons (Fsp3) is 0.417. The summed E-state index contributed by atoms with van der Waals surface area (Å²) in [6.45, 7) is 3.77. The summed E-state index contributed by atoms with van der Waals surface area (Å²) >= 11 is 1.48. The van der Waals surface area contributed by atoms with Crippen LogP contribution in [-0.2, 0) is 13.0 Å². The molecule has 1 N–H and O–H groups in total. The largest absolute Gasteiger partial charge is 0.392 e. The Morgan fingerprint density at radius 2 is 2.33 bits per heavy atom. The molecule has 9 heteroatoms. The van der Waals surface area contributed by atoms with Crippen LogP contribution in [0.3, 0.4) is 0 Å². The summed E-state index contributed by atoms with van der Waals surface area (Å²) < 4.78 is 1.37. The fourth-order valence-electron chi connectivity index (χ4n) is 1.78. The molecule has 0 saturated heterocycles. The number of nitro groups is 1. The second-order valence-electron chi connectivity index (χ2n) is 4.29. The molecular formula is C12H15N5O3S. The smallest absolute Gasteiger partial charge is 0.343 e. The third-order valence-electron chi connectivity index (χ3n) is 2.83. The molecule has 0 radical (unpaired) electrons. The van der Waals surface area contributed by atoms with E-state index in [9.17, 15) is 10.1 Å². The zero-order valence-electron chi connectivity index (χ0n) is 11.7. The van der Waals surface area contributed by atoms with Crippen LogP contribution in [0.15, 0.2) is 6.20 Å². The van der Waals surface area contributed by atoms with E-state index in [1.165, 1.54) is 22.1 Å². The van der Waals surface area contributed by atoms with Crippen molar-refractivity contribution in [2.45, 2.75) is 26.8 Å². The van der Waals surface area contributed by atoms with Crippen LogP contribution in [0.4, 0.5) is 5.82 Å². The number of allylic oxidation sites excluding steroid dienone is 1. The maximum absolute atomic E-state index is 10.9. The third-order valence-corrected chi connectivity index (χ3v) is 4.03. The number of rotatable bonds is 6. The fourth-order valence-corrected chi connectivity index (χ4v) is 2.53. The Balaban J connectivity index is 2.37. The highest BCUT2D eigenvalue weighted by molar-refractivity contribution is 7.12. The minimum atomic E-state index is -0.518. The Labute approximate surface area is 124 Å². The monoisotopic (exact) mass is 309 g/mol. The van der Waals surface area contributed by atoms with Crippen LogP contribution < -0.4 is 0 Å². The molecule has 0 unspecified atom stereocenters. The first-order valence-corrected chi connectivity index (χ1v) is 7.20. The van der Waals surface area contributed by atoms with Crippen LogP contribution in [0.2, 0.25) is 0 Å². The maximum Gasteiger partial charge on any atom is 0.343 e. The van der Waals surface area contributed by atoms with E-state index in [0.717, 1.165) is 22.0 Å². The van der Waals surface area contributed by atoms with Gasteiger partial charge in [-0.1, -0.05) is 18.3 Å². The average molecular weight is 309 g/mol. The Morgan fingerprint density at radius 1 is 1.57 bits per heavy atom. The molecule has 0 bridgehead atoms. The van der Waals surface area contributed by atoms with Crippen molar-refractivity contribution in [3.63, 3.8) is 0 Å². The van der Waals surface area contributed by atoms with Crippen molar-refractivity contribution < 1.29 is 10.0 Å². The molecule has 0 aromatic carbocycles. The number of hydrogen-bond acceptors (Lipinski definition) is 7. The third kappa shape index (κ3) is 3.31. The van der Waals surface area contributed by atoms with E-state index in [1.807, 2.05) is 13.8 Å². The van der Waals surface area contributed by atoms with Crippen molar-refractivity contribution in [1.82, 2.24) is 19.7 Å². The van der Waals surface area contributed by atoms with E-state index in [1.54, 1.807) is 6.08 Å². The number of hydrogen-bond donors (Lipinski definition) is 1. The van der Waals surface area contributed by atoms with Crippen LogP contribution >= 0.6 is 11.3 Å². The molecule has 21 heavy (non-hydrogen) atoms. The molecule has 2 rings (SSSR count). The number of aliphatic hydroxyl groups is 1. The van der Waals surface area contributed by atoms with Crippen LogP contribution in [0.5, 0.6) is 0 Å². The minimum Gasteiger partial charge on any atom is -0.392 e. The molecule has 0 atom stereocenters. The zero-order valence-corrected chi connectivity index (χ0v) is 12.5. The van der Waals surface area contributed by atoms with Gasteiger partial charge in [-0.25, -0.2) is 9.55 Å². The molecule has 2 aromatic heterocycles. The summed E-state index contributed by atoms with van der Waals surface area (Å²) in [5.41, 5.74) is 0.826.